The molecule has 2 aromatic carbocycles. The lowest BCUT2D eigenvalue weighted by Gasteiger charge is -2.10. The van der Waals surface area contributed by atoms with Crippen LogP contribution in [-0.2, 0) is 19.4 Å². The molecule has 29 heavy (non-hydrogen) atoms. The van der Waals surface area contributed by atoms with Gasteiger partial charge in [-0.1, -0.05) is 18.2 Å². The predicted octanol–water partition coefficient (Wildman–Crippen LogP) is 2.51. The van der Waals surface area contributed by atoms with Crippen molar-refractivity contribution < 1.29 is 9.84 Å². The third-order valence-electron chi connectivity index (χ3n) is 5.16. The molecular weight excluding hydrogens is 368 g/mol. The maximum absolute atomic E-state index is 12.5. The molecule has 0 bridgehead atoms. The summed E-state index contributed by atoms with van der Waals surface area (Å²) in [6.07, 6.45) is 3.17. The summed E-state index contributed by atoms with van der Waals surface area (Å²) in [7, 11) is 1.61. The first-order valence-corrected chi connectivity index (χ1v) is 9.51. The molecule has 2 heterocycles. The van der Waals surface area contributed by atoms with E-state index in [-0.39, 0.29) is 11.6 Å². The zero-order valence-corrected chi connectivity index (χ0v) is 16.2. The Hall–Kier alpha value is -3.45. The van der Waals surface area contributed by atoms with E-state index in [1.54, 1.807) is 11.7 Å². The second-order valence-corrected chi connectivity index (χ2v) is 7.07. The lowest BCUT2D eigenvalue weighted by Crippen LogP contribution is -2.19. The molecule has 0 saturated heterocycles. The van der Waals surface area contributed by atoms with Crippen LogP contribution in [-0.4, -0.2) is 33.3 Å². The molecule has 5 N–H and O–H groups in total. The number of rotatable bonds is 7. The quantitative estimate of drug-likeness (QED) is 0.387. The number of fused-ring (bicyclic) bond motifs is 1. The lowest BCUT2D eigenvalue weighted by molar-refractivity contribution is 0.414. The molecule has 150 valence electrons. The molecule has 0 spiro atoms. The number of aromatic hydroxyl groups is 1. The molecule has 0 aliphatic carbocycles. The minimum Gasteiger partial charge on any atom is -0.497 e. The van der Waals surface area contributed by atoms with E-state index in [2.05, 4.69) is 16.0 Å². The summed E-state index contributed by atoms with van der Waals surface area (Å²) < 4.78 is 6.84. The van der Waals surface area contributed by atoms with Crippen LogP contribution in [0.2, 0.25) is 0 Å². The number of imidazole rings is 1. The number of ether oxygens (including phenoxy) is 1. The van der Waals surface area contributed by atoms with Gasteiger partial charge in [0.25, 0.3) is 0 Å². The monoisotopic (exact) mass is 392 g/mol. The second-order valence-electron chi connectivity index (χ2n) is 7.07. The average molecular weight is 392 g/mol. The van der Waals surface area contributed by atoms with Crippen molar-refractivity contribution in [2.45, 2.75) is 19.4 Å². The van der Waals surface area contributed by atoms with Crippen LogP contribution in [0, 0.1) is 0 Å². The van der Waals surface area contributed by atoms with Gasteiger partial charge in [0.05, 0.1) is 19.3 Å². The average Bonchev–Trinajstić information content (AvgIpc) is 3.24. The molecule has 0 amide bonds. The normalized spacial score (nSPS) is 11.2. The number of hydrogen-bond acceptors (Lipinski definition) is 4. The Morgan fingerprint density at radius 1 is 1.17 bits per heavy atom. The van der Waals surface area contributed by atoms with Gasteiger partial charge in [-0.15, -0.1) is 0 Å². The van der Waals surface area contributed by atoms with Gasteiger partial charge in [-0.05, 0) is 53.9 Å². The number of aromatic amines is 2. The van der Waals surface area contributed by atoms with Crippen LogP contribution in [0.25, 0.3) is 10.9 Å². The van der Waals surface area contributed by atoms with Crippen molar-refractivity contribution >= 4 is 10.9 Å². The molecule has 0 aliphatic heterocycles. The van der Waals surface area contributed by atoms with E-state index in [4.69, 9.17) is 10.5 Å². The highest BCUT2D eigenvalue weighted by Crippen LogP contribution is 2.23. The third-order valence-corrected chi connectivity index (χ3v) is 5.16. The van der Waals surface area contributed by atoms with Crippen LogP contribution < -0.4 is 16.2 Å². The van der Waals surface area contributed by atoms with Crippen molar-refractivity contribution in [2.24, 2.45) is 5.73 Å². The zero-order valence-electron chi connectivity index (χ0n) is 16.2. The Kier molecular flexibility index (Phi) is 5.14. The van der Waals surface area contributed by atoms with Crippen LogP contribution in [0.1, 0.15) is 22.4 Å². The van der Waals surface area contributed by atoms with E-state index in [1.807, 2.05) is 42.6 Å². The number of aromatic nitrogens is 3. The Bertz CT molecular complexity index is 1200. The highest BCUT2D eigenvalue weighted by molar-refractivity contribution is 5.83. The maximum atomic E-state index is 12.5. The highest BCUT2D eigenvalue weighted by Gasteiger charge is 2.15. The van der Waals surface area contributed by atoms with Gasteiger partial charge in [0.1, 0.15) is 5.75 Å². The summed E-state index contributed by atoms with van der Waals surface area (Å²) in [6.45, 7) is 0.936. The third kappa shape index (κ3) is 3.77. The van der Waals surface area contributed by atoms with Crippen LogP contribution in [0.5, 0.6) is 11.6 Å². The molecule has 0 atom stereocenters. The van der Waals surface area contributed by atoms with E-state index in [9.17, 15) is 9.90 Å². The fraction of sp³-hybridized carbons (Fsp3) is 0.227. The molecule has 7 nitrogen and oxygen atoms in total. The molecule has 0 fully saturated rings. The van der Waals surface area contributed by atoms with Gasteiger partial charge in [0.15, 0.2) is 0 Å². The zero-order chi connectivity index (χ0) is 20.4. The number of benzene rings is 2. The first-order valence-electron chi connectivity index (χ1n) is 9.51. The van der Waals surface area contributed by atoms with Gasteiger partial charge < -0.3 is 20.6 Å². The number of nitrogens with one attached hydrogen (secondary N) is 2. The van der Waals surface area contributed by atoms with Crippen molar-refractivity contribution in [3.8, 4) is 11.6 Å². The Morgan fingerprint density at radius 3 is 2.83 bits per heavy atom. The van der Waals surface area contributed by atoms with Gasteiger partial charge in [0, 0.05) is 23.5 Å². The van der Waals surface area contributed by atoms with Crippen molar-refractivity contribution in [3.05, 3.63) is 81.5 Å². The molecule has 4 aromatic rings. The van der Waals surface area contributed by atoms with E-state index < -0.39 is 0 Å². The fourth-order valence-electron chi connectivity index (χ4n) is 3.68. The summed E-state index contributed by atoms with van der Waals surface area (Å²) in [6, 6.07) is 13.6. The van der Waals surface area contributed by atoms with E-state index in [0.29, 0.717) is 25.2 Å². The maximum Gasteiger partial charge on any atom is 0.328 e. The van der Waals surface area contributed by atoms with Crippen LogP contribution in [0.3, 0.4) is 0 Å². The Labute approximate surface area is 167 Å². The summed E-state index contributed by atoms with van der Waals surface area (Å²) in [5.41, 5.74) is 10.0. The fourth-order valence-corrected chi connectivity index (χ4v) is 3.68. The molecule has 0 radical (unpaired) electrons. The van der Waals surface area contributed by atoms with Crippen molar-refractivity contribution in [1.82, 2.24) is 14.5 Å². The molecule has 7 heteroatoms. The summed E-state index contributed by atoms with van der Waals surface area (Å²) in [5, 5.41) is 11.4. The van der Waals surface area contributed by atoms with Crippen LogP contribution >= 0.6 is 0 Å². The van der Waals surface area contributed by atoms with E-state index in [0.717, 1.165) is 39.8 Å². The second kappa shape index (κ2) is 7.89. The van der Waals surface area contributed by atoms with Crippen LogP contribution in [0.4, 0.5) is 0 Å². The highest BCUT2D eigenvalue weighted by atomic mass is 16.5. The van der Waals surface area contributed by atoms with Gasteiger partial charge in [0.2, 0.25) is 5.88 Å². The van der Waals surface area contributed by atoms with Gasteiger partial charge in [-0.3, -0.25) is 9.55 Å². The number of nitrogens with two attached hydrogens (primary N) is 1. The Balaban J connectivity index is 1.68. The number of methoxy groups -OCH3 is 1. The molecule has 0 aliphatic rings. The number of nitrogens with zero attached hydrogens (tertiary/aromatic N) is 1. The van der Waals surface area contributed by atoms with Crippen LogP contribution in [0.15, 0.2) is 53.5 Å². The minimum absolute atomic E-state index is 0.107. The van der Waals surface area contributed by atoms with Gasteiger partial charge in [-0.2, -0.15) is 0 Å². The van der Waals surface area contributed by atoms with Crippen molar-refractivity contribution in [3.63, 3.8) is 0 Å². The summed E-state index contributed by atoms with van der Waals surface area (Å²) >= 11 is 0. The molecule has 2 aromatic heterocycles. The summed E-state index contributed by atoms with van der Waals surface area (Å²) in [5.74, 6) is 0.626. The number of hydrogen-bond donors (Lipinski definition) is 4. The summed E-state index contributed by atoms with van der Waals surface area (Å²) in [4.78, 5) is 18.2. The van der Waals surface area contributed by atoms with E-state index in [1.165, 1.54) is 0 Å². The number of H-pyrrole nitrogens is 2. The molecular formula is C22H24N4O3. The topological polar surface area (TPSA) is 109 Å². The van der Waals surface area contributed by atoms with Crippen molar-refractivity contribution in [2.75, 3.05) is 13.7 Å². The first kappa shape index (κ1) is 18.9. The van der Waals surface area contributed by atoms with Gasteiger partial charge in [-0.25, -0.2) is 4.79 Å². The smallest absolute Gasteiger partial charge is 0.328 e. The Morgan fingerprint density at radius 2 is 2.03 bits per heavy atom. The first-order chi connectivity index (χ1) is 14.1. The lowest BCUT2D eigenvalue weighted by atomic mass is 10.1. The van der Waals surface area contributed by atoms with Gasteiger partial charge >= 0.3 is 5.69 Å². The minimum atomic E-state index is -0.336. The largest absolute Gasteiger partial charge is 0.497 e. The predicted molar refractivity (Wildman–Crippen MR) is 113 cm³/mol. The standard InChI is InChI=1S/C22H24N4O3/c1-29-17-4-2-3-14(9-17)11-20-21(27)25-22(28)26(20)13-15-5-6-19-18(10-15)16(7-8-23)12-24-19/h2-6,9-10,12,24,27H,7-8,11,13,23H2,1H3,(H,25,28). The molecule has 0 saturated carbocycles. The van der Waals surface area contributed by atoms with E-state index >= 15 is 0 Å². The van der Waals surface area contributed by atoms with Crippen molar-refractivity contribution in [1.29, 1.82) is 0 Å². The molecule has 0 unspecified atom stereocenters. The SMILES string of the molecule is COc1cccc(Cc2c(O)[nH]c(=O)n2Cc2ccc3[nH]cc(CCN)c3c2)c1. The molecule has 4 rings (SSSR count).